The van der Waals surface area contributed by atoms with Crippen molar-refractivity contribution < 1.29 is 13.2 Å². The van der Waals surface area contributed by atoms with Crippen LogP contribution in [0.25, 0.3) is 0 Å². The summed E-state index contributed by atoms with van der Waals surface area (Å²) in [5.74, 6) is -0.176. The summed E-state index contributed by atoms with van der Waals surface area (Å²) in [6, 6.07) is 9.53. The second-order valence-electron chi connectivity index (χ2n) is 4.75. The SMILES string of the molecule is CNS(=O)(=O)c1ccc(C(=O)N(C)Cc2ccncc2)cc1. The molecule has 1 N–H and O–H groups in total. The van der Waals surface area contributed by atoms with Crippen LogP contribution in [0.2, 0.25) is 0 Å². The number of amides is 1. The molecule has 0 radical (unpaired) electrons. The Kier molecular flexibility index (Phi) is 4.89. The van der Waals surface area contributed by atoms with E-state index >= 15 is 0 Å². The van der Waals surface area contributed by atoms with Crippen LogP contribution < -0.4 is 4.72 Å². The Balaban J connectivity index is 2.13. The minimum atomic E-state index is -3.49. The van der Waals surface area contributed by atoms with Gasteiger partial charge in [-0.2, -0.15) is 0 Å². The van der Waals surface area contributed by atoms with Crippen molar-refractivity contribution in [2.24, 2.45) is 0 Å². The Morgan fingerprint density at radius 1 is 1.14 bits per heavy atom. The van der Waals surface area contributed by atoms with Crippen molar-refractivity contribution in [3.63, 3.8) is 0 Å². The van der Waals surface area contributed by atoms with Gasteiger partial charge in [0.15, 0.2) is 0 Å². The molecule has 2 rings (SSSR count). The maximum atomic E-state index is 12.3. The van der Waals surface area contributed by atoms with Crippen molar-refractivity contribution in [3.05, 3.63) is 59.9 Å². The number of aromatic nitrogens is 1. The van der Waals surface area contributed by atoms with E-state index in [2.05, 4.69) is 9.71 Å². The van der Waals surface area contributed by atoms with Crippen molar-refractivity contribution in [3.8, 4) is 0 Å². The molecular formula is C15H17N3O3S. The van der Waals surface area contributed by atoms with Gasteiger partial charge in [-0.15, -0.1) is 0 Å². The summed E-state index contributed by atoms with van der Waals surface area (Å²) in [5, 5.41) is 0. The molecule has 1 heterocycles. The van der Waals surface area contributed by atoms with Crippen molar-refractivity contribution in [1.82, 2.24) is 14.6 Å². The van der Waals surface area contributed by atoms with Crippen molar-refractivity contribution in [1.29, 1.82) is 0 Å². The molecule has 7 heteroatoms. The van der Waals surface area contributed by atoms with E-state index in [-0.39, 0.29) is 10.8 Å². The number of rotatable bonds is 5. The van der Waals surface area contributed by atoms with E-state index in [1.165, 1.54) is 31.3 Å². The fraction of sp³-hybridized carbons (Fsp3) is 0.200. The fourth-order valence-corrected chi connectivity index (χ4v) is 2.68. The molecular weight excluding hydrogens is 302 g/mol. The Hall–Kier alpha value is -2.25. The number of pyridine rings is 1. The molecule has 0 fully saturated rings. The number of nitrogens with zero attached hydrogens (tertiary/aromatic N) is 2. The van der Waals surface area contributed by atoms with Crippen molar-refractivity contribution >= 4 is 15.9 Å². The number of carbonyl (C=O) groups excluding carboxylic acids is 1. The van der Waals surface area contributed by atoms with E-state index in [1.807, 2.05) is 12.1 Å². The van der Waals surface area contributed by atoms with Gasteiger partial charge in [0.2, 0.25) is 10.0 Å². The van der Waals surface area contributed by atoms with Crippen LogP contribution in [0.15, 0.2) is 53.7 Å². The zero-order chi connectivity index (χ0) is 16.2. The summed E-state index contributed by atoms with van der Waals surface area (Å²) >= 11 is 0. The van der Waals surface area contributed by atoms with E-state index in [1.54, 1.807) is 24.3 Å². The maximum Gasteiger partial charge on any atom is 0.253 e. The third-order valence-electron chi connectivity index (χ3n) is 3.20. The van der Waals surface area contributed by atoms with E-state index in [0.717, 1.165) is 5.56 Å². The largest absolute Gasteiger partial charge is 0.337 e. The molecule has 0 atom stereocenters. The zero-order valence-electron chi connectivity index (χ0n) is 12.4. The second kappa shape index (κ2) is 6.67. The lowest BCUT2D eigenvalue weighted by Crippen LogP contribution is -2.26. The Labute approximate surface area is 129 Å². The first-order valence-corrected chi connectivity index (χ1v) is 8.10. The van der Waals surface area contributed by atoms with E-state index in [9.17, 15) is 13.2 Å². The summed E-state index contributed by atoms with van der Waals surface area (Å²) in [7, 11) is -0.452. The lowest BCUT2D eigenvalue weighted by atomic mass is 10.2. The summed E-state index contributed by atoms with van der Waals surface area (Å²) in [6.45, 7) is 0.456. The van der Waals surface area contributed by atoms with Gasteiger partial charge in [-0.25, -0.2) is 13.1 Å². The highest BCUT2D eigenvalue weighted by Gasteiger charge is 2.15. The molecule has 0 saturated carbocycles. The van der Waals surface area contributed by atoms with E-state index in [0.29, 0.717) is 12.1 Å². The molecule has 0 aliphatic heterocycles. The molecule has 116 valence electrons. The van der Waals surface area contributed by atoms with E-state index in [4.69, 9.17) is 0 Å². The highest BCUT2D eigenvalue weighted by atomic mass is 32.2. The first-order valence-electron chi connectivity index (χ1n) is 6.62. The van der Waals surface area contributed by atoms with Crippen LogP contribution >= 0.6 is 0 Å². The number of benzene rings is 1. The molecule has 1 aromatic carbocycles. The predicted molar refractivity (Wildman–Crippen MR) is 82.7 cm³/mol. The Morgan fingerprint density at radius 3 is 2.27 bits per heavy atom. The molecule has 0 unspecified atom stereocenters. The normalized spacial score (nSPS) is 11.2. The third kappa shape index (κ3) is 3.69. The lowest BCUT2D eigenvalue weighted by Gasteiger charge is -2.17. The molecule has 0 saturated heterocycles. The molecule has 0 aliphatic carbocycles. The van der Waals surface area contributed by atoms with Gasteiger partial charge in [0.05, 0.1) is 4.90 Å². The summed E-state index contributed by atoms with van der Waals surface area (Å²) in [5.41, 5.74) is 1.41. The molecule has 0 aliphatic rings. The van der Waals surface area contributed by atoms with Crippen LogP contribution in [0.1, 0.15) is 15.9 Å². The van der Waals surface area contributed by atoms with Crippen molar-refractivity contribution in [2.45, 2.75) is 11.4 Å². The van der Waals surface area contributed by atoms with Gasteiger partial charge in [0.1, 0.15) is 0 Å². The molecule has 1 amide bonds. The molecule has 6 nitrogen and oxygen atoms in total. The van der Waals surface area contributed by atoms with Gasteiger partial charge in [-0.1, -0.05) is 0 Å². The average Bonchev–Trinajstić information content (AvgIpc) is 2.55. The average molecular weight is 319 g/mol. The minimum absolute atomic E-state index is 0.128. The molecule has 1 aromatic heterocycles. The number of nitrogens with one attached hydrogen (secondary N) is 1. The fourth-order valence-electron chi connectivity index (χ4n) is 1.95. The summed E-state index contributed by atoms with van der Waals surface area (Å²) in [6.07, 6.45) is 3.34. The van der Waals surface area contributed by atoms with E-state index < -0.39 is 10.0 Å². The van der Waals surface area contributed by atoms with Crippen LogP contribution in [-0.2, 0) is 16.6 Å². The number of sulfonamides is 1. The second-order valence-corrected chi connectivity index (χ2v) is 6.64. The molecule has 2 aromatic rings. The van der Waals surface area contributed by atoms with Gasteiger partial charge in [-0.3, -0.25) is 9.78 Å². The van der Waals surface area contributed by atoms with Gasteiger partial charge in [0, 0.05) is 31.5 Å². The summed E-state index contributed by atoms with van der Waals surface area (Å²) in [4.78, 5) is 17.9. The Bertz CT molecular complexity index is 743. The summed E-state index contributed by atoms with van der Waals surface area (Å²) < 4.78 is 25.5. The quantitative estimate of drug-likeness (QED) is 0.900. The third-order valence-corrected chi connectivity index (χ3v) is 4.63. The van der Waals surface area contributed by atoms with Crippen LogP contribution in [0.4, 0.5) is 0 Å². The lowest BCUT2D eigenvalue weighted by molar-refractivity contribution is 0.0785. The van der Waals surface area contributed by atoms with Gasteiger partial charge >= 0.3 is 0 Å². The van der Waals surface area contributed by atoms with Gasteiger partial charge < -0.3 is 4.90 Å². The predicted octanol–water partition coefficient (Wildman–Crippen LogP) is 1.26. The number of hydrogen-bond acceptors (Lipinski definition) is 4. The smallest absolute Gasteiger partial charge is 0.253 e. The van der Waals surface area contributed by atoms with Gasteiger partial charge in [-0.05, 0) is 49.0 Å². The minimum Gasteiger partial charge on any atom is -0.337 e. The molecule has 0 bridgehead atoms. The number of carbonyl (C=O) groups is 1. The van der Waals surface area contributed by atoms with Crippen molar-refractivity contribution in [2.75, 3.05) is 14.1 Å². The topological polar surface area (TPSA) is 79.4 Å². The molecule has 0 spiro atoms. The van der Waals surface area contributed by atoms with Crippen LogP contribution in [0.3, 0.4) is 0 Å². The first kappa shape index (κ1) is 16.1. The van der Waals surface area contributed by atoms with Crippen LogP contribution in [-0.4, -0.2) is 38.3 Å². The zero-order valence-corrected chi connectivity index (χ0v) is 13.2. The number of hydrogen-bond donors (Lipinski definition) is 1. The van der Waals surface area contributed by atoms with Crippen LogP contribution in [0.5, 0.6) is 0 Å². The monoisotopic (exact) mass is 319 g/mol. The highest BCUT2D eigenvalue weighted by Crippen LogP contribution is 2.12. The van der Waals surface area contributed by atoms with Gasteiger partial charge in [0.25, 0.3) is 5.91 Å². The highest BCUT2D eigenvalue weighted by molar-refractivity contribution is 7.89. The maximum absolute atomic E-state index is 12.3. The first-order chi connectivity index (χ1) is 10.4. The molecule has 22 heavy (non-hydrogen) atoms. The van der Waals surface area contributed by atoms with Crippen LogP contribution in [0, 0.1) is 0 Å². The standard InChI is InChI=1S/C15H17N3O3S/c1-16-22(20,21)14-5-3-13(4-6-14)15(19)18(2)11-12-7-9-17-10-8-12/h3-10,16H,11H2,1-2H3. The Morgan fingerprint density at radius 2 is 1.73 bits per heavy atom.